The molecular formula is C19H19ClN4O. The van der Waals surface area contributed by atoms with Gasteiger partial charge in [0.1, 0.15) is 0 Å². The smallest absolute Gasteiger partial charge is 0.255 e. The van der Waals surface area contributed by atoms with Crippen molar-refractivity contribution in [1.29, 1.82) is 0 Å². The molecule has 1 amide bonds. The summed E-state index contributed by atoms with van der Waals surface area (Å²) in [6.45, 7) is 3.89. The van der Waals surface area contributed by atoms with Crippen LogP contribution in [0.4, 0.5) is 0 Å². The van der Waals surface area contributed by atoms with E-state index in [-0.39, 0.29) is 5.91 Å². The lowest BCUT2D eigenvalue weighted by atomic mass is 10.1. The second kappa shape index (κ2) is 6.86. The van der Waals surface area contributed by atoms with Crippen LogP contribution in [0.1, 0.15) is 16.1 Å². The number of pyridine rings is 1. The Morgan fingerprint density at radius 3 is 2.56 bits per heavy atom. The van der Waals surface area contributed by atoms with Crippen molar-refractivity contribution in [3.63, 3.8) is 0 Å². The van der Waals surface area contributed by atoms with E-state index in [0.717, 1.165) is 30.8 Å². The van der Waals surface area contributed by atoms with Crippen LogP contribution in [0.2, 0.25) is 5.02 Å². The SMILES string of the molecule is O=C(c1ccccc1Cl)N1CCN(Cc2cc3ccccn3n2)CC1. The average molecular weight is 355 g/mol. The molecule has 0 spiro atoms. The summed E-state index contributed by atoms with van der Waals surface area (Å²) >= 11 is 6.14. The fourth-order valence-corrected chi connectivity index (χ4v) is 3.43. The highest BCUT2D eigenvalue weighted by Gasteiger charge is 2.23. The molecule has 25 heavy (non-hydrogen) atoms. The standard InChI is InChI=1S/C19H19ClN4O/c20-18-7-2-1-6-17(18)19(25)23-11-9-22(10-12-23)14-15-13-16-5-3-4-8-24(16)21-15/h1-8,13H,9-12,14H2. The molecule has 0 saturated carbocycles. The van der Waals surface area contributed by atoms with Gasteiger partial charge in [0.05, 0.1) is 21.8 Å². The number of amides is 1. The van der Waals surface area contributed by atoms with Crippen LogP contribution in [0.5, 0.6) is 0 Å². The normalized spacial score (nSPS) is 15.6. The molecule has 1 aliphatic heterocycles. The van der Waals surface area contributed by atoms with Gasteiger partial charge >= 0.3 is 0 Å². The molecule has 2 aromatic heterocycles. The Morgan fingerprint density at radius 2 is 1.80 bits per heavy atom. The number of rotatable bonds is 3. The van der Waals surface area contributed by atoms with E-state index in [9.17, 15) is 4.79 Å². The van der Waals surface area contributed by atoms with Crippen molar-refractivity contribution in [2.75, 3.05) is 26.2 Å². The summed E-state index contributed by atoms with van der Waals surface area (Å²) in [7, 11) is 0. The van der Waals surface area contributed by atoms with Crippen molar-refractivity contribution in [3.05, 3.63) is 71.0 Å². The Morgan fingerprint density at radius 1 is 1.04 bits per heavy atom. The van der Waals surface area contributed by atoms with Crippen molar-refractivity contribution < 1.29 is 4.79 Å². The Labute approximate surface area is 151 Å². The molecule has 128 valence electrons. The minimum absolute atomic E-state index is 0.0120. The van der Waals surface area contributed by atoms with E-state index in [1.807, 2.05) is 39.9 Å². The van der Waals surface area contributed by atoms with E-state index >= 15 is 0 Å². The van der Waals surface area contributed by atoms with Gasteiger partial charge in [-0.2, -0.15) is 5.10 Å². The van der Waals surface area contributed by atoms with Crippen LogP contribution >= 0.6 is 11.6 Å². The average Bonchev–Trinajstić information content (AvgIpc) is 3.04. The largest absolute Gasteiger partial charge is 0.336 e. The number of piperazine rings is 1. The number of benzene rings is 1. The molecule has 0 radical (unpaired) electrons. The lowest BCUT2D eigenvalue weighted by Gasteiger charge is -2.34. The zero-order chi connectivity index (χ0) is 17.2. The molecule has 0 aliphatic carbocycles. The van der Waals surface area contributed by atoms with E-state index in [0.29, 0.717) is 23.7 Å². The summed E-state index contributed by atoms with van der Waals surface area (Å²) in [6, 6.07) is 15.4. The molecule has 1 saturated heterocycles. The number of fused-ring (bicyclic) bond motifs is 1. The fourth-order valence-electron chi connectivity index (χ4n) is 3.21. The molecule has 1 aliphatic rings. The van der Waals surface area contributed by atoms with Gasteiger partial charge in [-0.25, -0.2) is 4.52 Å². The predicted octanol–water partition coefficient (Wildman–Crippen LogP) is 2.95. The molecule has 6 heteroatoms. The minimum Gasteiger partial charge on any atom is -0.336 e. The van der Waals surface area contributed by atoms with Crippen LogP contribution in [-0.4, -0.2) is 51.5 Å². The first kappa shape index (κ1) is 16.1. The molecule has 1 fully saturated rings. The topological polar surface area (TPSA) is 40.9 Å². The molecule has 3 aromatic rings. The third-order valence-electron chi connectivity index (χ3n) is 4.57. The highest BCUT2D eigenvalue weighted by molar-refractivity contribution is 6.33. The summed E-state index contributed by atoms with van der Waals surface area (Å²) in [5, 5.41) is 5.11. The highest BCUT2D eigenvalue weighted by Crippen LogP contribution is 2.18. The number of hydrogen-bond acceptors (Lipinski definition) is 3. The summed E-state index contributed by atoms with van der Waals surface area (Å²) < 4.78 is 1.90. The van der Waals surface area contributed by atoms with Crippen LogP contribution < -0.4 is 0 Å². The Balaban J connectivity index is 1.38. The van der Waals surface area contributed by atoms with Crippen molar-refractivity contribution in [2.45, 2.75) is 6.54 Å². The van der Waals surface area contributed by atoms with Gasteiger partial charge < -0.3 is 4.90 Å². The third kappa shape index (κ3) is 3.38. The minimum atomic E-state index is 0.0120. The molecular weight excluding hydrogens is 336 g/mol. The number of nitrogens with zero attached hydrogens (tertiary/aromatic N) is 4. The molecule has 4 rings (SSSR count). The Kier molecular flexibility index (Phi) is 4.42. The second-order valence-electron chi connectivity index (χ2n) is 6.25. The first-order chi connectivity index (χ1) is 12.2. The lowest BCUT2D eigenvalue weighted by molar-refractivity contribution is 0.0627. The van der Waals surface area contributed by atoms with Gasteiger partial charge in [0.2, 0.25) is 0 Å². The van der Waals surface area contributed by atoms with Crippen LogP contribution in [-0.2, 0) is 6.54 Å². The number of carbonyl (C=O) groups is 1. The molecule has 5 nitrogen and oxygen atoms in total. The first-order valence-corrected chi connectivity index (χ1v) is 8.78. The number of aromatic nitrogens is 2. The summed E-state index contributed by atoms with van der Waals surface area (Å²) in [5.41, 5.74) is 2.74. The third-order valence-corrected chi connectivity index (χ3v) is 4.90. The molecule has 0 atom stereocenters. The van der Waals surface area contributed by atoms with Gasteiger partial charge in [0.15, 0.2) is 0 Å². The van der Waals surface area contributed by atoms with Crippen molar-refractivity contribution in [2.24, 2.45) is 0 Å². The predicted molar refractivity (Wildman–Crippen MR) is 97.8 cm³/mol. The van der Waals surface area contributed by atoms with Gasteiger partial charge in [0, 0.05) is 38.9 Å². The van der Waals surface area contributed by atoms with Crippen molar-refractivity contribution in [1.82, 2.24) is 19.4 Å². The fraction of sp³-hybridized carbons (Fsp3) is 0.263. The van der Waals surface area contributed by atoms with Gasteiger partial charge in [0.25, 0.3) is 5.91 Å². The lowest BCUT2D eigenvalue weighted by Crippen LogP contribution is -2.48. The summed E-state index contributed by atoms with van der Waals surface area (Å²) in [4.78, 5) is 16.8. The van der Waals surface area contributed by atoms with E-state index in [1.54, 1.807) is 12.1 Å². The highest BCUT2D eigenvalue weighted by atomic mass is 35.5. The maximum atomic E-state index is 12.6. The second-order valence-corrected chi connectivity index (χ2v) is 6.66. The van der Waals surface area contributed by atoms with E-state index in [1.165, 1.54) is 0 Å². The van der Waals surface area contributed by atoms with Crippen molar-refractivity contribution >= 4 is 23.0 Å². The maximum Gasteiger partial charge on any atom is 0.255 e. The van der Waals surface area contributed by atoms with E-state index in [4.69, 9.17) is 11.6 Å². The molecule has 3 heterocycles. The number of hydrogen-bond donors (Lipinski definition) is 0. The summed E-state index contributed by atoms with van der Waals surface area (Å²) in [5.74, 6) is 0.0120. The first-order valence-electron chi connectivity index (χ1n) is 8.40. The number of carbonyl (C=O) groups excluding carboxylic acids is 1. The van der Waals surface area contributed by atoms with Crippen LogP contribution in [0.3, 0.4) is 0 Å². The monoisotopic (exact) mass is 354 g/mol. The van der Waals surface area contributed by atoms with Gasteiger partial charge in [-0.3, -0.25) is 9.69 Å². The quantitative estimate of drug-likeness (QED) is 0.726. The van der Waals surface area contributed by atoms with Gasteiger partial charge in [-0.1, -0.05) is 29.8 Å². The van der Waals surface area contributed by atoms with E-state index < -0.39 is 0 Å². The zero-order valence-electron chi connectivity index (χ0n) is 13.8. The molecule has 0 unspecified atom stereocenters. The maximum absolute atomic E-state index is 12.6. The van der Waals surface area contributed by atoms with E-state index in [2.05, 4.69) is 22.1 Å². The van der Waals surface area contributed by atoms with Gasteiger partial charge in [-0.15, -0.1) is 0 Å². The number of halogens is 1. The van der Waals surface area contributed by atoms with Crippen LogP contribution in [0.25, 0.3) is 5.52 Å². The molecule has 1 aromatic carbocycles. The zero-order valence-corrected chi connectivity index (χ0v) is 14.6. The molecule has 0 N–H and O–H groups in total. The Bertz CT molecular complexity index is 866. The molecule has 0 bridgehead atoms. The Hall–Kier alpha value is -2.37. The summed E-state index contributed by atoms with van der Waals surface area (Å²) in [6.07, 6.45) is 1.96. The van der Waals surface area contributed by atoms with Crippen LogP contribution in [0, 0.1) is 0 Å². The van der Waals surface area contributed by atoms with Crippen LogP contribution in [0.15, 0.2) is 54.7 Å². The van der Waals surface area contributed by atoms with Gasteiger partial charge in [-0.05, 0) is 30.3 Å². The van der Waals surface area contributed by atoms with Crippen molar-refractivity contribution in [3.8, 4) is 0 Å².